The number of benzene rings is 1. The molecule has 1 N–H and O–H groups in total. The third-order valence-electron chi connectivity index (χ3n) is 2.89. The molecular formula is C12H17N. The molecule has 1 aliphatic heterocycles. The van der Waals surface area contributed by atoms with Crippen LogP contribution in [0.25, 0.3) is 0 Å². The molecule has 2 rings (SSSR count). The monoisotopic (exact) mass is 175 g/mol. The van der Waals surface area contributed by atoms with E-state index in [2.05, 4.69) is 42.6 Å². The molecule has 1 aliphatic rings. The third-order valence-corrected chi connectivity index (χ3v) is 2.89. The summed E-state index contributed by atoms with van der Waals surface area (Å²) in [6.07, 6.45) is 3.79. The molecule has 0 bridgehead atoms. The van der Waals surface area contributed by atoms with E-state index in [-0.39, 0.29) is 0 Å². The van der Waals surface area contributed by atoms with E-state index in [9.17, 15) is 0 Å². The summed E-state index contributed by atoms with van der Waals surface area (Å²) in [6.45, 7) is 3.51. The Hall–Kier alpha value is -0.820. The molecule has 0 radical (unpaired) electrons. The van der Waals surface area contributed by atoms with Crippen molar-refractivity contribution >= 4 is 0 Å². The van der Waals surface area contributed by atoms with Gasteiger partial charge in [-0.2, -0.15) is 0 Å². The lowest BCUT2D eigenvalue weighted by atomic mass is 9.91. The molecule has 0 saturated carbocycles. The van der Waals surface area contributed by atoms with Gasteiger partial charge in [0.15, 0.2) is 0 Å². The molecule has 70 valence electrons. The molecule has 1 heteroatoms. The van der Waals surface area contributed by atoms with Crippen LogP contribution in [0, 0.1) is 0 Å². The van der Waals surface area contributed by atoms with Crippen molar-refractivity contribution in [2.75, 3.05) is 6.54 Å². The van der Waals surface area contributed by atoms with Gasteiger partial charge in [0, 0.05) is 5.54 Å². The normalized spacial score (nSPS) is 27.8. The first-order chi connectivity index (χ1) is 6.29. The van der Waals surface area contributed by atoms with E-state index in [1.165, 1.54) is 24.9 Å². The fraction of sp³-hybridized carbons (Fsp3) is 0.500. The van der Waals surface area contributed by atoms with Crippen LogP contribution in [-0.2, 0) is 6.42 Å². The lowest BCUT2D eigenvalue weighted by Crippen LogP contribution is -2.38. The van der Waals surface area contributed by atoms with Crippen LogP contribution in [0.15, 0.2) is 30.3 Å². The molecule has 0 amide bonds. The second kappa shape index (κ2) is 3.51. The first-order valence-electron chi connectivity index (χ1n) is 5.07. The first-order valence-corrected chi connectivity index (χ1v) is 5.07. The van der Waals surface area contributed by atoms with Gasteiger partial charge in [0.2, 0.25) is 0 Å². The van der Waals surface area contributed by atoms with E-state index in [0.29, 0.717) is 5.54 Å². The standard InChI is InChI=1S/C12H17N/c1-12(8-5-9-13-12)10-11-6-3-2-4-7-11/h2-4,6-7,13H,5,8-10H2,1H3/t12-/m1/s1. The third kappa shape index (κ3) is 2.10. The van der Waals surface area contributed by atoms with Gasteiger partial charge in [-0.1, -0.05) is 30.3 Å². The largest absolute Gasteiger partial charge is 0.311 e. The van der Waals surface area contributed by atoms with Crippen molar-refractivity contribution in [2.24, 2.45) is 0 Å². The van der Waals surface area contributed by atoms with Crippen molar-refractivity contribution in [1.29, 1.82) is 0 Å². The Bertz CT molecular complexity index is 260. The number of hydrogen-bond acceptors (Lipinski definition) is 1. The summed E-state index contributed by atoms with van der Waals surface area (Å²) in [6, 6.07) is 10.7. The van der Waals surface area contributed by atoms with Gasteiger partial charge < -0.3 is 5.32 Å². The predicted octanol–water partition coefficient (Wildman–Crippen LogP) is 2.37. The minimum absolute atomic E-state index is 0.349. The second-order valence-corrected chi connectivity index (χ2v) is 4.25. The van der Waals surface area contributed by atoms with Crippen molar-refractivity contribution < 1.29 is 0 Å². The molecule has 1 aromatic carbocycles. The Morgan fingerprint density at radius 1 is 1.31 bits per heavy atom. The molecular weight excluding hydrogens is 158 g/mol. The molecule has 0 aromatic heterocycles. The second-order valence-electron chi connectivity index (χ2n) is 4.25. The van der Waals surface area contributed by atoms with E-state index in [0.717, 1.165) is 6.42 Å². The number of rotatable bonds is 2. The highest BCUT2D eigenvalue weighted by Crippen LogP contribution is 2.22. The van der Waals surface area contributed by atoms with Crippen LogP contribution in [0.3, 0.4) is 0 Å². The van der Waals surface area contributed by atoms with E-state index >= 15 is 0 Å². The Morgan fingerprint density at radius 3 is 2.69 bits per heavy atom. The fourth-order valence-corrected chi connectivity index (χ4v) is 2.15. The summed E-state index contributed by atoms with van der Waals surface area (Å²) in [5.41, 5.74) is 1.79. The van der Waals surface area contributed by atoms with Crippen LogP contribution >= 0.6 is 0 Å². The lowest BCUT2D eigenvalue weighted by Gasteiger charge is -2.24. The van der Waals surface area contributed by atoms with E-state index in [4.69, 9.17) is 0 Å². The van der Waals surface area contributed by atoms with Gasteiger partial charge in [0.1, 0.15) is 0 Å². The number of nitrogens with one attached hydrogen (secondary N) is 1. The Kier molecular flexibility index (Phi) is 2.36. The maximum atomic E-state index is 3.58. The zero-order valence-corrected chi connectivity index (χ0v) is 8.22. The summed E-state index contributed by atoms with van der Waals surface area (Å²) < 4.78 is 0. The van der Waals surface area contributed by atoms with Gasteiger partial charge in [-0.3, -0.25) is 0 Å². The van der Waals surface area contributed by atoms with Gasteiger partial charge in [-0.15, -0.1) is 0 Å². The van der Waals surface area contributed by atoms with Crippen LogP contribution < -0.4 is 5.32 Å². The van der Waals surface area contributed by atoms with E-state index < -0.39 is 0 Å². The smallest absolute Gasteiger partial charge is 0.0194 e. The molecule has 13 heavy (non-hydrogen) atoms. The van der Waals surface area contributed by atoms with Gasteiger partial charge in [0.25, 0.3) is 0 Å². The fourth-order valence-electron chi connectivity index (χ4n) is 2.15. The van der Waals surface area contributed by atoms with Gasteiger partial charge in [0.05, 0.1) is 0 Å². The van der Waals surface area contributed by atoms with Crippen molar-refractivity contribution in [3.8, 4) is 0 Å². The Balaban J connectivity index is 2.05. The average Bonchev–Trinajstić information content (AvgIpc) is 2.54. The Morgan fingerprint density at radius 2 is 2.08 bits per heavy atom. The molecule has 1 atom stereocenters. The maximum absolute atomic E-state index is 3.58. The molecule has 0 unspecified atom stereocenters. The molecule has 1 heterocycles. The van der Waals surface area contributed by atoms with Gasteiger partial charge in [-0.25, -0.2) is 0 Å². The minimum Gasteiger partial charge on any atom is -0.311 e. The lowest BCUT2D eigenvalue weighted by molar-refractivity contribution is 0.412. The van der Waals surface area contributed by atoms with E-state index in [1.807, 2.05) is 0 Å². The van der Waals surface area contributed by atoms with Crippen molar-refractivity contribution in [3.05, 3.63) is 35.9 Å². The zero-order chi connectivity index (χ0) is 9.15. The Labute approximate surface area is 80.2 Å². The molecule has 1 aromatic rings. The maximum Gasteiger partial charge on any atom is 0.0194 e. The van der Waals surface area contributed by atoms with Crippen molar-refractivity contribution in [1.82, 2.24) is 5.32 Å². The van der Waals surface area contributed by atoms with E-state index in [1.54, 1.807) is 0 Å². The molecule has 1 nitrogen and oxygen atoms in total. The highest BCUT2D eigenvalue weighted by Gasteiger charge is 2.27. The summed E-state index contributed by atoms with van der Waals surface area (Å²) in [4.78, 5) is 0. The zero-order valence-electron chi connectivity index (χ0n) is 8.22. The van der Waals surface area contributed by atoms with Crippen LogP contribution in [0.5, 0.6) is 0 Å². The summed E-state index contributed by atoms with van der Waals surface area (Å²) in [5.74, 6) is 0. The summed E-state index contributed by atoms with van der Waals surface area (Å²) in [5, 5.41) is 3.58. The van der Waals surface area contributed by atoms with Gasteiger partial charge in [-0.05, 0) is 38.3 Å². The highest BCUT2D eigenvalue weighted by atomic mass is 15.0. The first kappa shape index (κ1) is 8.76. The van der Waals surface area contributed by atoms with Crippen LogP contribution in [-0.4, -0.2) is 12.1 Å². The molecule has 1 fully saturated rings. The topological polar surface area (TPSA) is 12.0 Å². The minimum atomic E-state index is 0.349. The molecule has 0 aliphatic carbocycles. The van der Waals surface area contributed by atoms with Gasteiger partial charge >= 0.3 is 0 Å². The SMILES string of the molecule is C[C@]1(Cc2ccccc2)CCCN1. The van der Waals surface area contributed by atoms with Crippen molar-refractivity contribution in [2.45, 2.75) is 31.7 Å². The number of hydrogen-bond donors (Lipinski definition) is 1. The molecule has 0 spiro atoms. The van der Waals surface area contributed by atoms with Crippen LogP contribution in [0.4, 0.5) is 0 Å². The average molecular weight is 175 g/mol. The quantitative estimate of drug-likeness (QED) is 0.727. The summed E-state index contributed by atoms with van der Waals surface area (Å²) >= 11 is 0. The summed E-state index contributed by atoms with van der Waals surface area (Å²) in [7, 11) is 0. The van der Waals surface area contributed by atoms with Crippen LogP contribution in [0.1, 0.15) is 25.3 Å². The van der Waals surface area contributed by atoms with Crippen molar-refractivity contribution in [3.63, 3.8) is 0 Å². The molecule has 1 saturated heterocycles. The predicted molar refractivity (Wildman–Crippen MR) is 55.8 cm³/mol. The van der Waals surface area contributed by atoms with Crippen LogP contribution in [0.2, 0.25) is 0 Å². The highest BCUT2D eigenvalue weighted by molar-refractivity contribution is 5.18.